The molecule has 0 aliphatic carbocycles. The molecule has 27 heavy (non-hydrogen) atoms. The molecule has 140 valence electrons. The number of urea groups is 1. The zero-order chi connectivity index (χ0) is 19.4. The van der Waals surface area contributed by atoms with Gasteiger partial charge in [-0.1, -0.05) is 73.7 Å². The molecule has 0 bridgehead atoms. The number of rotatable bonds is 5. The van der Waals surface area contributed by atoms with E-state index in [0.29, 0.717) is 5.13 Å². The Morgan fingerprint density at radius 3 is 2.11 bits per heavy atom. The summed E-state index contributed by atoms with van der Waals surface area (Å²) in [5.41, 5.74) is 3.74. The van der Waals surface area contributed by atoms with Gasteiger partial charge in [0.05, 0.1) is 5.69 Å². The number of anilines is 3. The van der Waals surface area contributed by atoms with E-state index in [0.717, 1.165) is 34.0 Å². The van der Waals surface area contributed by atoms with Crippen LogP contribution in [0.25, 0.3) is 0 Å². The summed E-state index contributed by atoms with van der Waals surface area (Å²) in [5, 5.41) is 11.2. The normalized spacial score (nSPS) is 11.0. The molecule has 1 aromatic heterocycles. The van der Waals surface area contributed by atoms with Crippen LogP contribution in [-0.2, 0) is 0 Å². The Labute approximate surface area is 163 Å². The van der Waals surface area contributed by atoms with Crippen molar-refractivity contribution in [3.8, 4) is 0 Å². The van der Waals surface area contributed by atoms with Crippen molar-refractivity contribution in [2.45, 2.75) is 39.5 Å². The first kappa shape index (κ1) is 19.0. The van der Waals surface area contributed by atoms with Gasteiger partial charge in [0.1, 0.15) is 0 Å². The molecule has 0 spiro atoms. The van der Waals surface area contributed by atoms with Gasteiger partial charge in [0.2, 0.25) is 5.13 Å². The average Bonchev–Trinajstić information content (AvgIpc) is 3.16. The van der Waals surface area contributed by atoms with Gasteiger partial charge in [-0.25, -0.2) is 9.69 Å². The topological polar surface area (TPSA) is 71.0 Å². The van der Waals surface area contributed by atoms with E-state index in [4.69, 9.17) is 0 Å². The summed E-state index contributed by atoms with van der Waals surface area (Å²) in [4.78, 5) is 14.9. The maximum absolute atomic E-state index is 13.3. The van der Waals surface area contributed by atoms with Crippen LogP contribution in [0.4, 0.5) is 21.3 Å². The largest absolute Gasteiger partial charge is 0.332 e. The van der Waals surface area contributed by atoms with Crippen LogP contribution in [-0.4, -0.2) is 20.8 Å². The highest BCUT2D eigenvalue weighted by atomic mass is 32.1. The zero-order valence-electron chi connectivity index (χ0n) is 15.9. The average molecular weight is 382 g/mol. The van der Waals surface area contributed by atoms with Gasteiger partial charge in [-0.05, 0) is 40.3 Å². The first-order valence-corrected chi connectivity index (χ1v) is 9.70. The van der Waals surface area contributed by atoms with E-state index in [2.05, 4.69) is 59.9 Å². The third-order valence-electron chi connectivity index (χ3n) is 4.27. The number of hydrogen-bond acceptors (Lipinski definition) is 5. The third kappa shape index (κ3) is 4.14. The Morgan fingerprint density at radius 1 is 0.963 bits per heavy atom. The van der Waals surface area contributed by atoms with E-state index < -0.39 is 0 Å². The summed E-state index contributed by atoms with van der Waals surface area (Å²) in [6, 6.07) is 15.3. The molecule has 0 aliphatic heterocycles. The van der Waals surface area contributed by atoms with Crippen LogP contribution in [0, 0.1) is 0 Å². The van der Waals surface area contributed by atoms with Crippen molar-refractivity contribution in [1.82, 2.24) is 14.8 Å². The van der Waals surface area contributed by atoms with Gasteiger partial charge in [0, 0.05) is 17.2 Å². The van der Waals surface area contributed by atoms with Crippen molar-refractivity contribution in [1.29, 1.82) is 0 Å². The first-order valence-electron chi connectivity index (χ1n) is 8.93. The number of nitrogens with one attached hydrogen (secondary N) is 1. The van der Waals surface area contributed by atoms with Gasteiger partial charge >= 0.3 is 6.03 Å². The minimum atomic E-state index is -0.283. The van der Waals surface area contributed by atoms with Gasteiger partial charge in [-0.3, -0.25) is 0 Å². The molecule has 0 saturated heterocycles. The summed E-state index contributed by atoms with van der Waals surface area (Å²) in [7, 11) is 0. The summed E-state index contributed by atoms with van der Waals surface area (Å²) in [6.07, 6.45) is 0. The van der Waals surface area contributed by atoms with Crippen LogP contribution in [0.15, 0.2) is 48.5 Å². The molecule has 0 unspecified atom stereocenters. The third-order valence-corrected chi connectivity index (χ3v) is 4.86. The summed E-state index contributed by atoms with van der Waals surface area (Å²) < 4.78 is 3.87. The molecule has 0 saturated carbocycles. The van der Waals surface area contributed by atoms with Crippen molar-refractivity contribution in [2.75, 3.05) is 10.2 Å². The summed E-state index contributed by atoms with van der Waals surface area (Å²) in [6.45, 7) is 8.48. The van der Waals surface area contributed by atoms with E-state index in [1.165, 1.54) is 0 Å². The van der Waals surface area contributed by atoms with Gasteiger partial charge in [-0.15, -0.1) is 0 Å². The molecule has 7 heteroatoms. The Hall–Kier alpha value is -2.80. The van der Waals surface area contributed by atoms with Crippen LogP contribution >= 0.6 is 11.5 Å². The quantitative estimate of drug-likeness (QED) is 0.629. The molecular weight excluding hydrogens is 358 g/mol. The highest BCUT2D eigenvalue weighted by molar-refractivity contribution is 7.09. The van der Waals surface area contributed by atoms with Gasteiger partial charge in [-0.2, -0.15) is 0 Å². The van der Waals surface area contributed by atoms with E-state index in [9.17, 15) is 4.79 Å². The molecule has 0 aliphatic rings. The van der Waals surface area contributed by atoms with Gasteiger partial charge < -0.3 is 5.32 Å². The number of hydrogen-bond donors (Lipinski definition) is 1. The Balaban J connectivity index is 2.14. The molecule has 3 aromatic rings. The molecule has 0 atom stereocenters. The Bertz CT molecular complexity index is 868. The van der Waals surface area contributed by atoms with E-state index >= 15 is 0 Å². The fraction of sp³-hybridized carbons (Fsp3) is 0.300. The van der Waals surface area contributed by atoms with Crippen molar-refractivity contribution < 1.29 is 4.79 Å². The molecule has 1 N–H and O–H groups in total. The minimum absolute atomic E-state index is 0.242. The Kier molecular flexibility index (Phi) is 5.81. The van der Waals surface area contributed by atoms with Gasteiger partial charge in [0.15, 0.2) is 0 Å². The van der Waals surface area contributed by atoms with Crippen LogP contribution in [0.5, 0.6) is 0 Å². The lowest BCUT2D eigenvalue weighted by Crippen LogP contribution is -2.32. The SMILES string of the molecule is CC(C)c1cccc(C(C)C)c1N(C(=O)Nc1ccccc1)c1nnns1. The second-order valence-electron chi connectivity index (χ2n) is 6.87. The number of nitrogens with zero attached hydrogens (tertiary/aromatic N) is 4. The first-order chi connectivity index (χ1) is 13.0. The Morgan fingerprint density at radius 2 is 1.59 bits per heavy atom. The number of amides is 2. The lowest BCUT2D eigenvalue weighted by Gasteiger charge is -2.27. The van der Waals surface area contributed by atoms with E-state index in [-0.39, 0.29) is 17.9 Å². The lowest BCUT2D eigenvalue weighted by atomic mass is 9.92. The smallest absolute Gasteiger partial charge is 0.307 e. The van der Waals surface area contributed by atoms with E-state index in [1.54, 1.807) is 4.90 Å². The highest BCUT2D eigenvalue weighted by Gasteiger charge is 2.28. The second-order valence-corrected chi connectivity index (χ2v) is 7.58. The van der Waals surface area contributed by atoms with Crippen molar-refractivity contribution in [3.05, 3.63) is 59.7 Å². The standard InChI is InChI=1S/C20H23N5OS/c1-13(2)16-11-8-12-17(14(3)4)18(16)25(20-22-23-24-27-20)19(26)21-15-9-6-5-7-10-15/h5-14H,1-4H3,(H,21,26). The zero-order valence-corrected chi connectivity index (χ0v) is 16.7. The van der Waals surface area contributed by atoms with Crippen LogP contribution in [0.1, 0.15) is 50.7 Å². The fourth-order valence-electron chi connectivity index (χ4n) is 2.97. The van der Waals surface area contributed by atoms with Crippen molar-refractivity contribution in [3.63, 3.8) is 0 Å². The maximum Gasteiger partial charge on any atom is 0.332 e. The number of carbonyl (C=O) groups excluding carboxylic acids is 1. The van der Waals surface area contributed by atoms with Crippen LogP contribution < -0.4 is 10.2 Å². The number of benzene rings is 2. The number of carbonyl (C=O) groups is 1. The van der Waals surface area contributed by atoms with Crippen LogP contribution in [0.2, 0.25) is 0 Å². The minimum Gasteiger partial charge on any atom is -0.307 e. The van der Waals surface area contributed by atoms with Crippen molar-refractivity contribution in [2.24, 2.45) is 0 Å². The molecule has 6 nitrogen and oxygen atoms in total. The molecule has 0 radical (unpaired) electrons. The van der Waals surface area contributed by atoms with Gasteiger partial charge in [0.25, 0.3) is 0 Å². The van der Waals surface area contributed by atoms with Crippen LogP contribution in [0.3, 0.4) is 0 Å². The predicted octanol–water partition coefficient (Wildman–Crippen LogP) is 5.55. The van der Waals surface area contributed by atoms with Crippen molar-refractivity contribution >= 4 is 34.1 Å². The number of para-hydroxylation sites is 2. The molecule has 2 aromatic carbocycles. The fourth-order valence-corrected chi connectivity index (χ4v) is 3.44. The molecule has 3 rings (SSSR count). The molecule has 2 amide bonds. The second kappa shape index (κ2) is 8.26. The maximum atomic E-state index is 13.3. The molecular formula is C20H23N5OS. The molecule has 0 fully saturated rings. The lowest BCUT2D eigenvalue weighted by molar-refractivity contribution is 0.259. The van der Waals surface area contributed by atoms with E-state index in [1.807, 2.05) is 36.4 Å². The molecule has 1 heterocycles. The summed E-state index contributed by atoms with van der Waals surface area (Å²) in [5.74, 6) is 0.484. The highest BCUT2D eigenvalue weighted by Crippen LogP contribution is 2.39. The number of aromatic nitrogens is 3. The summed E-state index contributed by atoms with van der Waals surface area (Å²) >= 11 is 1.10. The predicted molar refractivity (Wildman–Crippen MR) is 110 cm³/mol. The monoisotopic (exact) mass is 381 g/mol.